The fourth-order valence-electron chi connectivity index (χ4n) is 2.08. The summed E-state index contributed by atoms with van der Waals surface area (Å²) in [5.41, 5.74) is 3.12. The first-order chi connectivity index (χ1) is 8.33. The first-order valence-corrected chi connectivity index (χ1v) is 5.66. The topological polar surface area (TPSA) is 26.3 Å². The molecule has 3 rings (SSSR count). The van der Waals surface area contributed by atoms with E-state index in [1.807, 2.05) is 36.4 Å². The van der Waals surface area contributed by atoms with E-state index in [9.17, 15) is 4.79 Å². The van der Waals surface area contributed by atoms with Gasteiger partial charge < -0.3 is 4.74 Å². The molecule has 0 amide bonds. The van der Waals surface area contributed by atoms with Crippen LogP contribution in [0.25, 0.3) is 0 Å². The number of hydrogen-bond acceptors (Lipinski definition) is 2. The van der Waals surface area contributed by atoms with Gasteiger partial charge >= 0.3 is 0 Å². The highest BCUT2D eigenvalue weighted by Gasteiger charge is 2.20. The van der Waals surface area contributed by atoms with Gasteiger partial charge in [0.1, 0.15) is 5.75 Å². The molecule has 0 radical (unpaired) electrons. The Balaban J connectivity index is 1.90. The highest BCUT2D eigenvalue weighted by molar-refractivity contribution is 6.02. The SMILES string of the molecule is O=C1COc2ccc(Cc3ccccc3)cc21. The van der Waals surface area contributed by atoms with Crippen LogP contribution < -0.4 is 4.74 Å². The van der Waals surface area contributed by atoms with Crippen molar-refractivity contribution in [1.29, 1.82) is 0 Å². The molecule has 0 saturated heterocycles. The summed E-state index contributed by atoms with van der Waals surface area (Å²) in [6.07, 6.45) is 0.849. The molecule has 17 heavy (non-hydrogen) atoms. The van der Waals surface area contributed by atoms with E-state index in [0.717, 1.165) is 17.5 Å². The number of Topliss-reactive ketones (excluding diaryl/α,β-unsaturated/α-hetero) is 1. The lowest BCUT2D eigenvalue weighted by atomic mass is 10.0. The maximum Gasteiger partial charge on any atom is 0.203 e. The second kappa shape index (κ2) is 4.06. The molecule has 0 spiro atoms. The van der Waals surface area contributed by atoms with Crippen molar-refractivity contribution >= 4 is 5.78 Å². The summed E-state index contributed by atoms with van der Waals surface area (Å²) in [5.74, 6) is 0.793. The minimum Gasteiger partial charge on any atom is -0.485 e. The van der Waals surface area contributed by atoms with Gasteiger partial charge in [-0.15, -0.1) is 0 Å². The highest BCUT2D eigenvalue weighted by atomic mass is 16.5. The number of ketones is 1. The van der Waals surface area contributed by atoms with E-state index in [4.69, 9.17) is 4.74 Å². The zero-order chi connectivity index (χ0) is 11.7. The number of carbonyl (C=O) groups excluding carboxylic acids is 1. The molecule has 0 unspecified atom stereocenters. The van der Waals surface area contributed by atoms with Crippen LogP contribution in [0.4, 0.5) is 0 Å². The summed E-state index contributed by atoms with van der Waals surface area (Å²) in [6, 6.07) is 16.1. The molecular weight excluding hydrogens is 212 g/mol. The minimum atomic E-state index is 0.0786. The molecule has 1 aliphatic heterocycles. The van der Waals surface area contributed by atoms with Crippen LogP contribution in [0, 0.1) is 0 Å². The first kappa shape index (κ1) is 10.1. The van der Waals surface area contributed by atoms with Gasteiger partial charge in [0.05, 0.1) is 5.56 Å². The molecule has 0 aromatic heterocycles. The predicted octanol–water partition coefficient (Wildman–Crippen LogP) is 2.85. The Labute approximate surface area is 99.9 Å². The smallest absolute Gasteiger partial charge is 0.203 e. The number of benzene rings is 2. The Morgan fingerprint density at radius 1 is 1.00 bits per heavy atom. The molecule has 0 N–H and O–H groups in total. The molecule has 2 heteroatoms. The number of fused-ring (bicyclic) bond motifs is 1. The van der Waals surface area contributed by atoms with Crippen LogP contribution in [0.2, 0.25) is 0 Å². The van der Waals surface area contributed by atoms with Crippen LogP contribution in [0.5, 0.6) is 5.75 Å². The summed E-state index contributed by atoms with van der Waals surface area (Å²) in [4.78, 5) is 11.5. The number of ether oxygens (including phenoxy) is 1. The van der Waals surface area contributed by atoms with Crippen LogP contribution in [0.3, 0.4) is 0 Å². The third kappa shape index (κ3) is 1.94. The van der Waals surface area contributed by atoms with Crippen molar-refractivity contribution in [2.24, 2.45) is 0 Å². The van der Waals surface area contributed by atoms with E-state index >= 15 is 0 Å². The number of carbonyl (C=O) groups is 1. The summed E-state index contributed by atoms with van der Waals surface area (Å²) in [7, 11) is 0. The van der Waals surface area contributed by atoms with E-state index in [-0.39, 0.29) is 12.4 Å². The molecule has 2 aromatic rings. The lowest BCUT2D eigenvalue weighted by molar-refractivity contribution is 0.0961. The molecule has 2 nitrogen and oxygen atoms in total. The molecule has 0 bridgehead atoms. The Morgan fingerprint density at radius 3 is 2.65 bits per heavy atom. The largest absolute Gasteiger partial charge is 0.485 e. The molecular formula is C15H12O2. The summed E-state index contributed by atoms with van der Waals surface area (Å²) >= 11 is 0. The van der Waals surface area contributed by atoms with Gasteiger partial charge in [0, 0.05) is 0 Å². The highest BCUT2D eigenvalue weighted by Crippen LogP contribution is 2.26. The lowest BCUT2D eigenvalue weighted by Crippen LogP contribution is -1.99. The van der Waals surface area contributed by atoms with Crippen molar-refractivity contribution < 1.29 is 9.53 Å². The summed E-state index contributed by atoms with van der Waals surface area (Å²) in [5, 5.41) is 0. The van der Waals surface area contributed by atoms with Gasteiger partial charge in [0.15, 0.2) is 6.61 Å². The van der Waals surface area contributed by atoms with Crippen molar-refractivity contribution in [2.75, 3.05) is 6.61 Å². The van der Waals surface area contributed by atoms with Crippen LogP contribution in [-0.2, 0) is 6.42 Å². The molecule has 1 heterocycles. The average molecular weight is 224 g/mol. The van der Waals surface area contributed by atoms with Gasteiger partial charge in [0.2, 0.25) is 5.78 Å². The van der Waals surface area contributed by atoms with Crippen LogP contribution in [0.15, 0.2) is 48.5 Å². The van der Waals surface area contributed by atoms with Crippen LogP contribution in [-0.4, -0.2) is 12.4 Å². The van der Waals surface area contributed by atoms with Gasteiger partial charge in [-0.05, 0) is 29.7 Å². The second-order valence-electron chi connectivity index (χ2n) is 4.20. The molecule has 2 aromatic carbocycles. The quantitative estimate of drug-likeness (QED) is 0.784. The van der Waals surface area contributed by atoms with Crippen molar-refractivity contribution in [3.8, 4) is 5.75 Å². The summed E-state index contributed by atoms with van der Waals surface area (Å²) < 4.78 is 5.27. The van der Waals surface area contributed by atoms with Crippen LogP contribution in [0.1, 0.15) is 21.5 Å². The average Bonchev–Trinajstić information content (AvgIpc) is 2.73. The van der Waals surface area contributed by atoms with E-state index < -0.39 is 0 Å². The normalized spacial score (nSPS) is 13.3. The Kier molecular flexibility index (Phi) is 2.41. The van der Waals surface area contributed by atoms with Gasteiger partial charge in [-0.3, -0.25) is 4.79 Å². The maximum absolute atomic E-state index is 11.5. The van der Waals surface area contributed by atoms with Crippen molar-refractivity contribution in [2.45, 2.75) is 6.42 Å². The number of rotatable bonds is 2. The zero-order valence-electron chi connectivity index (χ0n) is 9.35. The Hall–Kier alpha value is -2.09. The third-order valence-corrected chi connectivity index (χ3v) is 2.95. The van der Waals surface area contributed by atoms with E-state index in [0.29, 0.717) is 5.75 Å². The van der Waals surface area contributed by atoms with Crippen LogP contribution >= 0.6 is 0 Å². The van der Waals surface area contributed by atoms with Gasteiger partial charge in [0.25, 0.3) is 0 Å². The van der Waals surface area contributed by atoms with Crippen molar-refractivity contribution in [3.63, 3.8) is 0 Å². The van der Waals surface area contributed by atoms with Crippen molar-refractivity contribution in [3.05, 3.63) is 65.2 Å². The van der Waals surface area contributed by atoms with Gasteiger partial charge in [-0.1, -0.05) is 36.4 Å². The third-order valence-electron chi connectivity index (χ3n) is 2.95. The lowest BCUT2D eigenvalue weighted by Gasteiger charge is -2.03. The Bertz CT molecular complexity index is 558. The van der Waals surface area contributed by atoms with E-state index in [1.165, 1.54) is 5.56 Å². The molecule has 0 atom stereocenters. The maximum atomic E-state index is 11.5. The zero-order valence-corrected chi connectivity index (χ0v) is 9.35. The molecule has 1 aliphatic rings. The molecule has 0 fully saturated rings. The van der Waals surface area contributed by atoms with Gasteiger partial charge in [-0.25, -0.2) is 0 Å². The first-order valence-electron chi connectivity index (χ1n) is 5.66. The van der Waals surface area contributed by atoms with E-state index in [1.54, 1.807) is 0 Å². The minimum absolute atomic E-state index is 0.0786. The standard InChI is InChI=1S/C15H12O2/c16-14-10-17-15-7-6-12(9-13(14)15)8-11-4-2-1-3-5-11/h1-7,9H,8,10H2. The predicted molar refractivity (Wildman–Crippen MR) is 65.5 cm³/mol. The monoisotopic (exact) mass is 224 g/mol. The van der Waals surface area contributed by atoms with Crippen molar-refractivity contribution in [1.82, 2.24) is 0 Å². The summed E-state index contributed by atoms with van der Waals surface area (Å²) in [6.45, 7) is 0.185. The fraction of sp³-hybridized carbons (Fsp3) is 0.133. The van der Waals surface area contributed by atoms with Gasteiger partial charge in [-0.2, -0.15) is 0 Å². The molecule has 0 saturated carbocycles. The van der Waals surface area contributed by atoms with E-state index in [2.05, 4.69) is 12.1 Å². The second-order valence-corrected chi connectivity index (χ2v) is 4.20. The molecule has 84 valence electrons. The molecule has 0 aliphatic carbocycles. The number of hydrogen-bond donors (Lipinski definition) is 0. The Morgan fingerprint density at radius 2 is 1.82 bits per heavy atom. The fourth-order valence-corrected chi connectivity index (χ4v) is 2.08.